The van der Waals surface area contributed by atoms with Crippen LogP contribution in [0.1, 0.15) is 271 Å². The molecular formula is C56H105NO5. The van der Waals surface area contributed by atoms with Crippen LogP contribution < -0.4 is 5.32 Å². The fourth-order valence-corrected chi connectivity index (χ4v) is 8.20. The lowest BCUT2D eigenvalue weighted by Crippen LogP contribution is -2.53. The second-order valence-electron chi connectivity index (χ2n) is 18.5. The van der Waals surface area contributed by atoms with E-state index in [0.717, 1.165) is 64.2 Å². The summed E-state index contributed by atoms with van der Waals surface area (Å²) in [5, 5.41) is 43.9. The van der Waals surface area contributed by atoms with Crippen molar-refractivity contribution in [2.24, 2.45) is 0 Å². The molecule has 5 N–H and O–H groups in total. The molecule has 364 valence electrons. The van der Waals surface area contributed by atoms with Crippen LogP contribution in [0.5, 0.6) is 0 Å². The third-order valence-electron chi connectivity index (χ3n) is 12.5. The highest BCUT2D eigenvalue weighted by Gasteiger charge is 2.28. The van der Waals surface area contributed by atoms with E-state index < -0.39 is 36.9 Å². The van der Waals surface area contributed by atoms with Gasteiger partial charge in [0.2, 0.25) is 5.91 Å². The minimum absolute atomic E-state index is 0.351. The lowest BCUT2D eigenvalue weighted by atomic mass is 10.00. The number of rotatable bonds is 49. The predicted octanol–water partition coefficient (Wildman–Crippen LogP) is 15.4. The zero-order valence-corrected chi connectivity index (χ0v) is 41.1. The molecule has 0 aliphatic heterocycles. The molecule has 6 heteroatoms. The third kappa shape index (κ3) is 43.5. The standard InChI is InChI=1S/C56H105NO5/c1-3-5-7-9-11-13-15-17-19-21-23-25-27-28-30-31-33-35-37-39-41-43-45-47-49-53(59)55(61)52(51-58)57-56(62)54(60)50-48-46-44-42-40-38-36-34-32-29-26-24-22-20-18-16-14-12-10-8-6-4-2/h27-28,32-35,41,43,52-55,58-61H,3-26,29-31,36-40,42,44-51H2,1-2H3,(H,57,62)/b28-27+,34-32-,35-33+,43-41+. The van der Waals surface area contributed by atoms with Crippen LogP contribution >= 0.6 is 0 Å². The van der Waals surface area contributed by atoms with E-state index in [0.29, 0.717) is 19.3 Å². The Labute approximate surface area is 385 Å². The molecule has 0 radical (unpaired) electrons. The highest BCUT2D eigenvalue weighted by Crippen LogP contribution is 2.16. The van der Waals surface area contributed by atoms with Crippen molar-refractivity contribution < 1.29 is 25.2 Å². The Balaban J connectivity index is 3.75. The summed E-state index contributed by atoms with van der Waals surface area (Å²) in [6.45, 7) is 4.06. The summed E-state index contributed by atoms with van der Waals surface area (Å²) in [5.74, 6) is -0.603. The second-order valence-corrected chi connectivity index (χ2v) is 18.5. The van der Waals surface area contributed by atoms with Crippen LogP contribution in [-0.4, -0.2) is 57.3 Å². The van der Waals surface area contributed by atoms with Crippen LogP contribution in [0, 0.1) is 0 Å². The summed E-state index contributed by atoms with van der Waals surface area (Å²) in [4.78, 5) is 12.6. The summed E-state index contributed by atoms with van der Waals surface area (Å²) in [5.41, 5.74) is 0. The van der Waals surface area contributed by atoms with Gasteiger partial charge in [-0.3, -0.25) is 4.79 Å². The Morgan fingerprint density at radius 3 is 1.02 bits per heavy atom. The maximum Gasteiger partial charge on any atom is 0.249 e. The topological polar surface area (TPSA) is 110 Å². The van der Waals surface area contributed by atoms with E-state index in [1.54, 1.807) is 0 Å². The SMILES string of the molecule is CCCCCCCCCCCCC/C=C/CC/C=C/CC/C=C/CCCC(O)C(O)C(CO)NC(=O)C(O)CCCCCCCC/C=C\CCCCCCCCCCCCCC. The molecule has 0 rings (SSSR count). The van der Waals surface area contributed by atoms with Crippen LogP contribution in [0.2, 0.25) is 0 Å². The van der Waals surface area contributed by atoms with Gasteiger partial charge < -0.3 is 25.7 Å². The van der Waals surface area contributed by atoms with Gasteiger partial charge in [-0.15, -0.1) is 0 Å². The van der Waals surface area contributed by atoms with Crippen molar-refractivity contribution in [3.63, 3.8) is 0 Å². The third-order valence-corrected chi connectivity index (χ3v) is 12.5. The van der Waals surface area contributed by atoms with E-state index in [4.69, 9.17) is 0 Å². The van der Waals surface area contributed by atoms with E-state index in [1.807, 2.05) is 0 Å². The molecule has 62 heavy (non-hydrogen) atoms. The Bertz CT molecular complexity index is 1020. The number of hydrogen-bond donors (Lipinski definition) is 5. The van der Waals surface area contributed by atoms with Crippen LogP contribution in [0.15, 0.2) is 48.6 Å². The summed E-state index contributed by atoms with van der Waals surface area (Å²) in [7, 11) is 0. The van der Waals surface area contributed by atoms with Gasteiger partial charge in [-0.1, -0.05) is 229 Å². The molecule has 0 aromatic carbocycles. The first-order valence-electron chi connectivity index (χ1n) is 27.0. The molecule has 0 aromatic heterocycles. The first kappa shape index (κ1) is 60.3. The van der Waals surface area contributed by atoms with Gasteiger partial charge in [-0.25, -0.2) is 0 Å². The highest BCUT2D eigenvalue weighted by molar-refractivity contribution is 5.80. The molecule has 4 atom stereocenters. The zero-order valence-electron chi connectivity index (χ0n) is 41.1. The molecule has 0 saturated carbocycles. The van der Waals surface area contributed by atoms with Gasteiger partial charge >= 0.3 is 0 Å². The number of carbonyl (C=O) groups excluding carboxylic acids is 1. The lowest BCUT2D eigenvalue weighted by Gasteiger charge is -2.27. The van der Waals surface area contributed by atoms with E-state index in [1.165, 1.54) is 173 Å². The number of amides is 1. The Morgan fingerprint density at radius 1 is 0.387 bits per heavy atom. The number of carbonyl (C=O) groups is 1. The van der Waals surface area contributed by atoms with Crippen molar-refractivity contribution in [1.82, 2.24) is 5.32 Å². The second kappa shape index (κ2) is 50.3. The van der Waals surface area contributed by atoms with Crippen molar-refractivity contribution in [3.8, 4) is 0 Å². The monoisotopic (exact) mass is 872 g/mol. The van der Waals surface area contributed by atoms with Crippen LogP contribution in [-0.2, 0) is 4.79 Å². The van der Waals surface area contributed by atoms with Gasteiger partial charge in [-0.05, 0) is 89.9 Å². The minimum Gasteiger partial charge on any atom is -0.394 e. The van der Waals surface area contributed by atoms with Crippen LogP contribution in [0.3, 0.4) is 0 Å². The molecule has 0 spiro atoms. The summed E-state index contributed by atoms with van der Waals surface area (Å²) in [6.07, 6.45) is 63.1. The molecule has 0 saturated heterocycles. The quantitative estimate of drug-likeness (QED) is 0.0309. The van der Waals surface area contributed by atoms with Crippen molar-refractivity contribution >= 4 is 5.91 Å². The number of unbranched alkanes of at least 4 members (excludes halogenated alkanes) is 32. The van der Waals surface area contributed by atoms with E-state index in [9.17, 15) is 25.2 Å². The number of allylic oxidation sites excluding steroid dienone is 8. The van der Waals surface area contributed by atoms with Crippen LogP contribution in [0.25, 0.3) is 0 Å². The molecule has 0 aliphatic carbocycles. The molecule has 0 fully saturated rings. The Morgan fingerprint density at radius 2 is 0.677 bits per heavy atom. The molecular weight excluding hydrogens is 767 g/mol. The summed E-state index contributed by atoms with van der Waals surface area (Å²) in [6, 6.07) is -1.02. The van der Waals surface area contributed by atoms with Gasteiger partial charge in [0, 0.05) is 0 Å². The Hall–Kier alpha value is -1.73. The molecule has 1 amide bonds. The average molecular weight is 872 g/mol. The van der Waals surface area contributed by atoms with Gasteiger partial charge in [0.25, 0.3) is 0 Å². The Kier molecular flexibility index (Phi) is 48.9. The average Bonchev–Trinajstić information content (AvgIpc) is 3.28. The normalized spacial score (nSPS) is 14.2. The smallest absolute Gasteiger partial charge is 0.249 e. The fourth-order valence-electron chi connectivity index (χ4n) is 8.20. The van der Waals surface area contributed by atoms with Crippen molar-refractivity contribution in [1.29, 1.82) is 0 Å². The number of hydrogen-bond acceptors (Lipinski definition) is 5. The maximum atomic E-state index is 12.6. The molecule has 4 unspecified atom stereocenters. The van der Waals surface area contributed by atoms with Gasteiger partial charge in [0.05, 0.1) is 18.8 Å². The molecule has 0 heterocycles. The number of aliphatic hydroxyl groups excluding tert-OH is 4. The molecule has 6 nitrogen and oxygen atoms in total. The zero-order chi connectivity index (χ0) is 45.2. The minimum atomic E-state index is -1.30. The maximum absolute atomic E-state index is 12.6. The van der Waals surface area contributed by atoms with Crippen molar-refractivity contribution in [3.05, 3.63) is 48.6 Å². The molecule has 0 aromatic rings. The molecule has 0 aliphatic rings. The summed E-state index contributed by atoms with van der Waals surface area (Å²) >= 11 is 0. The van der Waals surface area contributed by atoms with Gasteiger partial charge in [0.15, 0.2) is 0 Å². The number of nitrogens with one attached hydrogen (secondary N) is 1. The van der Waals surface area contributed by atoms with Crippen LogP contribution in [0.4, 0.5) is 0 Å². The van der Waals surface area contributed by atoms with E-state index in [2.05, 4.69) is 67.8 Å². The van der Waals surface area contributed by atoms with Crippen molar-refractivity contribution in [2.75, 3.05) is 6.61 Å². The first-order chi connectivity index (χ1) is 30.5. The first-order valence-corrected chi connectivity index (χ1v) is 27.0. The largest absolute Gasteiger partial charge is 0.394 e. The van der Waals surface area contributed by atoms with Gasteiger partial charge in [0.1, 0.15) is 12.2 Å². The number of aliphatic hydroxyl groups is 4. The highest BCUT2D eigenvalue weighted by atomic mass is 16.3. The van der Waals surface area contributed by atoms with Crippen molar-refractivity contribution in [2.45, 2.75) is 295 Å². The molecule has 0 bridgehead atoms. The van der Waals surface area contributed by atoms with Gasteiger partial charge in [-0.2, -0.15) is 0 Å². The summed E-state index contributed by atoms with van der Waals surface area (Å²) < 4.78 is 0. The fraction of sp³-hybridized carbons (Fsp3) is 0.839. The predicted molar refractivity (Wildman–Crippen MR) is 270 cm³/mol. The van der Waals surface area contributed by atoms with E-state index in [-0.39, 0.29) is 0 Å². The lowest BCUT2D eigenvalue weighted by molar-refractivity contribution is -0.132. The van der Waals surface area contributed by atoms with E-state index >= 15 is 0 Å².